The highest BCUT2D eigenvalue weighted by Crippen LogP contribution is 2.33. The number of unbranched alkanes of at least 4 members (excludes halogenated alkanes) is 2. The van der Waals surface area contributed by atoms with Crippen LogP contribution < -0.4 is 5.32 Å². The van der Waals surface area contributed by atoms with Crippen molar-refractivity contribution in [1.29, 1.82) is 0 Å². The summed E-state index contributed by atoms with van der Waals surface area (Å²) in [5.41, 5.74) is 0.640. The molecule has 0 bridgehead atoms. The summed E-state index contributed by atoms with van der Waals surface area (Å²) >= 11 is 0. The third-order valence-electron chi connectivity index (χ3n) is 4.49. The third kappa shape index (κ3) is 5.87. The number of hydrogen-bond donors (Lipinski definition) is 1. The SMILES string of the molecule is CCNCCCCCN1CCC(C)(CC)CC1. The van der Waals surface area contributed by atoms with Crippen LogP contribution in [0.2, 0.25) is 0 Å². The second-order valence-corrected chi connectivity index (χ2v) is 5.92. The molecule has 1 aliphatic heterocycles. The Kier molecular flexibility index (Phi) is 7.14. The first-order valence-corrected chi connectivity index (χ1v) is 7.63. The lowest BCUT2D eigenvalue weighted by atomic mass is 9.78. The number of hydrogen-bond acceptors (Lipinski definition) is 2. The maximum Gasteiger partial charge on any atom is -0.00135 e. The average Bonchev–Trinajstić information content (AvgIpc) is 2.36. The maximum absolute atomic E-state index is 3.39. The summed E-state index contributed by atoms with van der Waals surface area (Å²) in [5.74, 6) is 0. The lowest BCUT2D eigenvalue weighted by Crippen LogP contribution is -2.38. The van der Waals surface area contributed by atoms with Gasteiger partial charge in [0.05, 0.1) is 0 Å². The summed E-state index contributed by atoms with van der Waals surface area (Å²) in [5, 5.41) is 3.39. The van der Waals surface area contributed by atoms with E-state index in [0.717, 1.165) is 6.54 Å². The van der Waals surface area contributed by atoms with Crippen LogP contribution in [0.5, 0.6) is 0 Å². The van der Waals surface area contributed by atoms with E-state index in [1.807, 2.05) is 0 Å². The summed E-state index contributed by atoms with van der Waals surface area (Å²) in [7, 11) is 0. The zero-order chi connectivity index (χ0) is 12.6. The van der Waals surface area contributed by atoms with Gasteiger partial charge in [-0.3, -0.25) is 0 Å². The van der Waals surface area contributed by atoms with Crippen molar-refractivity contribution in [2.45, 2.75) is 59.3 Å². The molecule has 2 nitrogen and oxygen atoms in total. The molecule has 0 amide bonds. The second kappa shape index (κ2) is 8.10. The van der Waals surface area contributed by atoms with Gasteiger partial charge in [0.2, 0.25) is 0 Å². The molecule has 2 heteroatoms. The molecule has 0 spiro atoms. The molecule has 102 valence electrons. The Hall–Kier alpha value is -0.0800. The fourth-order valence-electron chi connectivity index (χ4n) is 2.61. The third-order valence-corrected chi connectivity index (χ3v) is 4.49. The fourth-order valence-corrected chi connectivity index (χ4v) is 2.61. The molecule has 1 heterocycles. The number of piperidine rings is 1. The van der Waals surface area contributed by atoms with E-state index in [1.54, 1.807) is 0 Å². The van der Waals surface area contributed by atoms with Gasteiger partial charge in [0.1, 0.15) is 0 Å². The van der Waals surface area contributed by atoms with Gasteiger partial charge in [-0.15, -0.1) is 0 Å². The van der Waals surface area contributed by atoms with Gasteiger partial charge < -0.3 is 10.2 Å². The molecule has 1 rings (SSSR count). The minimum absolute atomic E-state index is 0.640. The van der Waals surface area contributed by atoms with Crippen LogP contribution in [0.3, 0.4) is 0 Å². The highest BCUT2D eigenvalue weighted by atomic mass is 15.1. The molecule has 1 aliphatic rings. The molecule has 0 radical (unpaired) electrons. The first kappa shape index (κ1) is 15.0. The van der Waals surface area contributed by atoms with E-state index >= 15 is 0 Å². The fraction of sp³-hybridized carbons (Fsp3) is 1.00. The first-order chi connectivity index (χ1) is 8.20. The topological polar surface area (TPSA) is 15.3 Å². The van der Waals surface area contributed by atoms with Crippen LogP contribution in [0.1, 0.15) is 59.3 Å². The molecule has 17 heavy (non-hydrogen) atoms. The predicted octanol–water partition coefficient (Wildman–Crippen LogP) is 3.28. The summed E-state index contributed by atoms with van der Waals surface area (Å²) < 4.78 is 0. The Labute approximate surface area is 108 Å². The quantitative estimate of drug-likeness (QED) is 0.655. The minimum Gasteiger partial charge on any atom is -0.317 e. The highest BCUT2D eigenvalue weighted by Gasteiger charge is 2.27. The van der Waals surface area contributed by atoms with E-state index in [4.69, 9.17) is 0 Å². The van der Waals surface area contributed by atoms with Gasteiger partial charge in [-0.05, 0) is 63.8 Å². The zero-order valence-corrected chi connectivity index (χ0v) is 12.2. The highest BCUT2D eigenvalue weighted by molar-refractivity contribution is 4.81. The standard InChI is InChI=1S/C15H32N2/c1-4-15(3)9-13-17(14-10-15)12-8-6-7-11-16-5-2/h16H,4-14H2,1-3H3. The molecule has 0 saturated carbocycles. The van der Waals surface area contributed by atoms with Gasteiger partial charge in [0.15, 0.2) is 0 Å². The van der Waals surface area contributed by atoms with Crippen LogP contribution in [-0.2, 0) is 0 Å². The first-order valence-electron chi connectivity index (χ1n) is 7.63. The van der Waals surface area contributed by atoms with Crippen molar-refractivity contribution >= 4 is 0 Å². The van der Waals surface area contributed by atoms with Crippen molar-refractivity contribution in [3.8, 4) is 0 Å². The largest absolute Gasteiger partial charge is 0.317 e. The average molecular weight is 240 g/mol. The number of rotatable bonds is 8. The van der Waals surface area contributed by atoms with Crippen LogP contribution in [0.25, 0.3) is 0 Å². The van der Waals surface area contributed by atoms with E-state index in [9.17, 15) is 0 Å². The molecule has 0 unspecified atom stereocenters. The van der Waals surface area contributed by atoms with Crippen molar-refractivity contribution in [3.05, 3.63) is 0 Å². The Balaban J connectivity index is 1.99. The summed E-state index contributed by atoms with van der Waals surface area (Å²) in [6, 6.07) is 0. The smallest absolute Gasteiger partial charge is 0.00135 e. The van der Waals surface area contributed by atoms with Crippen LogP contribution in [0.4, 0.5) is 0 Å². The van der Waals surface area contributed by atoms with Crippen LogP contribution >= 0.6 is 0 Å². The van der Waals surface area contributed by atoms with Crippen molar-refractivity contribution in [1.82, 2.24) is 10.2 Å². The lowest BCUT2D eigenvalue weighted by Gasteiger charge is -2.39. The summed E-state index contributed by atoms with van der Waals surface area (Å²) in [6.07, 6.45) is 8.27. The van der Waals surface area contributed by atoms with E-state index in [1.165, 1.54) is 64.7 Å². The minimum atomic E-state index is 0.640. The van der Waals surface area contributed by atoms with E-state index in [0.29, 0.717) is 5.41 Å². The van der Waals surface area contributed by atoms with Crippen molar-refractivity contribution in [2.24, 2.45) is 5.41 Å². The number of nitrogens with zero attached hydrogens (tertiary/aromatic N) is 1. The van der Waals surface area contributed by atoms with Crippen molar-refractivity contribution in [3.63, 3.8) is 0 Å². The van der Waals surface area contributed by atoms with Gasteiger partial charge in [0, 0.05) is 0 Å². The zero-order valence-electron chi connectivity index (χ0n) is 12.2. The number of nitrogens with one attached hydrogen (secondary N) is 1. The molecule has 0 atom stereocenters. The number of likely N-dealkylation sites (tertiary alicyclic amines) is 1. The van der Waals surface area contributed by atoms with E-state index < -0.39 is 0 Å². The maximum atomic E-state index is 3.39. The molecular weight excluding hydrogens is 208 g/mol. The molecule has 0 aromatic carbocycles. The van der Waals surface area contributed by atoms with Gasteiger partial charge in [-0.1, -0.05) is 33.6 Å². The van der Waals surface area contributed by atoms with Crippen LogP contribution in [0, 0.1) is 5.41 Å². The molecule has 1 saturated heterocycles. The molecule has 1 N–H and O–H groups in total. The second-order valence-electron chi connectivity index (χ2n) is 5.92. The van der Waals surface area contributed by atoms with Crippen molar-refractivity contribution < 1.29 is 0 Å². The lowest BCUT2D eigenvalue weighted by molar-refractivity contribution is 0.113. The van der Waals surface area contributed by atoms with E-state index in [2.05, 4.69) is 31.0 Å². The molecule has 0 aromatic rings. The predicted molar refractivity (Wildman–Crippen MR) is 76.5 cm³/mol. The molecular formula is C15H32N2. The molecule has 1 fully saturated rings. The Morgan fingerprint density at radius 1 is 1.06 bits per heavy atom. The van der Waals surface area contributed by atoms with Gasteiger partial charge >= 0.3 is 0 Å². The Bertz CT molecular complexity index is 183. The Morgan fingerprint density at radius 3 is 2.35 bits per heavy atom. The normalized spacial score (nSPS) is 20.6. The van der Waals surface area contributed by atoms with Crippen molar-refractivity contribution in [2.75, 3.05) is 32.7 Å². The van der Waals surface area contributed by atoms with Crippen LogP contribution in [0.15, 0.2) is 0 Å². The van der Waals surface area contributed by atoms with Crippen LogP contribution in [-0.4, -0.2) is 37.6 Å². The summed E-state index contributed by atoms with van der Waals surface area (Å²) in [6.45, 7) is 13.3. The van der Waals surface area contributed by atoms with Gasteiger partial charge in [-0.2, -0.15) is 0 Å². The van der Waals surface area contributed by atoms with Gasteiger partial charge in [0.25, 0.3) is 0 Å². The van der Waals surface area contributed by atoms with Gasteiger partial charge in [-0.25, -0.2) is 0 Å². The molecule has 0 aromatic heterocycles. The monoisotopic (exact) mass is 240 g/mol. The summed E-state index contributed by atoms with van der Waals surface area (Å²) in [4.78, 5) is 2.67. The van der Waals surface area contributed by atoms with E-state index in [-0.39, 0.29) is 0 Å². The molecule has 0 aliphatic carbocycles. The Morgan fingerprint density at radius 2 is 1.76 bits per heavy atom.